The predicted octanol–water partition coefficient (Wildman–Crippen LogP) is 2.85. The molecule has 2 aromatic rings. The maximum atomic E-state index is 4.89. The van der Waals surface area contributed by atoms with Crippen molar-refractivity contribution in [2.45, 2.75) is 25.7 Å². The molecule has 1 aliphatic heterocycles. The van der Waals surface area contributed by atoms with Gasteiger partial charge < -0.3 is 9.80 Å². The molecular weight excluding hydrogens is 312 g/mol. The fraction of sp³-hybridized carbons (Fsp3) is 0.632. The Morgan fingerprint density at radius 3 is 2.92 bits per heavy atom. The van der Waals surface area contributed by atoms with Crippen molar-refractivity contribution in [3.05, 3.63) is 24.7 Å². The van der Waals surface area contributed by atoms with Crippen LogP contribution >= 0.6 is 0 Å². The number of nitrogens with zero attached hydrogens (tertiary/aromatic N) is 6. The zero-order valence-electron chi connectivity index (χ0n) is 15.0. The summed E-state index contributed by atoms with van der Waals surface area (Å²) >= 11 is 0. The van der Waals surface area contributed by atoms with Crippen LogP contribution in [0.4, 0.5) is 17.5 Å². The molecule has 0 radical (unpaired) electrons. The van der Waals surface area contributed by atoms with Gasteiger partial charge in [0.15, 0.2) is 0 Å². The third kappa shape index (κ3) is 2.58. The van der Waals surface area contributed by atoms with E-state index in [-0.39, 0.29) is 0 Å². The molecule has 2 saturated carbocycles. The van der Waals surface area contributed by atoms with Gasteiger partial charge in [-0.15, -0.1) is 0 Å². The summed E-state index contributed by atoms with van der Waals surface area (Å²) in [6, 6.07) is 2.08. The zero-order chi connectivity index (χ0) is 17.0. The summed E-state index contributed by atoms with van der Waals surface area (Å²) in [4.78, 5) is 13.9. The molecule has 4 atom stereocenters. The SMILES string of the molecule is CN(c1cnn(C)c1)c1nccc(N2C[C@H]3CCC4C[C@@H](C2)C4C3)n1. The van der Waals surface area contributed by atoms with Gasteiger partial charge in [0, 0.05) is 39.6 Å². The molecule has 132 valence electrons. The predicted molar refractivity (Wildman–Crippen MR) is 97.9 cm³/mol. The average Bonchev–Trinajstić information content (AvgIpc) is 3.05. The topological polar surface area (TPSA) is 50.1 Å². The second kappa shape index (κ2) is 5.71. The number of rotatable bonds is 3. The van der Waals surface area contributed by atoms with Gasteiger partial charge in [0.1, 0.15) is 5.82 Å². The van der Waals surface area contributed by atoms with Crippen molar-refractivity contribution >= 4 is 17.5 Å². The van der Waals surface area contributed by atoms with Crippen molar-refractivity contribution in [3.63, 3.8) is 0 Å². The highest BCUT2D eigenvalue weighted by Crippen LogP contribution is 2.53. The molecule has 0 amide bonds. The van der Waals surface area contributed by atoms with Crippen molar-refractivity contribution in [3.8, 4) is 0 Å². The summed E-state index contributed by atoms with van der Waals surface area (Å²) in [5.74, 6) is 5.56. The first-order valence-electron chi connectivity index (χ1n) is 9.48. The lowest BCUT2D eigenvalue weighted by atomic mass is 9.57. The van der Waals surface area contributed by atoms with Crippen LogP contribution in [-0.2, 0) is 7.05 Å². The third-order valence-corrected chi connectivity index (χ3v) is 6.63. The molecule has 0 N–H and O–H groups in total. The largest absolute Gasteiger partial charge is 0.356 e. The van der Waals surface area contributed by atoms with Crippen LogP contribution in [0.25, 0.3) is 0 Å². The number of aryl methyl sites for hydroxylation is 1. The van der Waals surface area contributed by atoms with Crippen LogP contribution < -0.4 is 9.80 Å². The highest BCUT2D eigenvalue weighted by atomic mass is 15.3. The molecule has 3 aliphatic rings. The Hall–Kier alpha value is -2.11. The van der Waals surface area contributed by atoms with E-state index in [1.165, 1.54) is 32.2 Å². The van der Waals surface area contributed by atoms with E-state index in [9.17, 15) is 0 Å². The summed E-state index contributed by atoms with van der Waals surface area (Å²) < 4.78 is 1.80. The molecule has 2 aromatic heterocycles. The number of aromatic nitrogens is 4. The second-order valence-electron chi connectivity index (χ2n) is 8.15. The van der Waals surface area contributed by atoms with Crippen LogP contribution in [0.1, 0.15) is 25.7 Å². The molecular formula is C19H26N6. The summed E-state index contributed by atoms with van der Waals surface area (Å²) in [7, 11) is 3.93. The van der Waals surface area contributed by atoms with Crippen LogP contribution in [0, 0.1) is 23.7 Å². The Bertz CT molecular complexity index is 765. The van der Waals surface area contributed by atoms with Gasteiger partial charge in [0.05, 0.1) is 11.9 Å². The van der Waals surface area contributed by atoms with E-state index in [2.05, 4.69) is 21.0 Å². The minimum Gasteiger partial charge on any atom is -0.356 e. The van der Waals surface area contributed by atoms with Crippen LogP contribution in [0.3, 0.4) is 0 Å². The number of hydrogen-bond acceptors (Lipinski definition) is 5. The third-order valence-electron chi connectivity index (χ3n) is 6.63. The van der Waals surface area contributed by atoms with Crippen molar-refractivity contribution in [1.29, 1.82) is 0 Å². The average molecular weight is 338 g/mol. The summed E-state index contributed by atoms with van der Waals surface area (Å²) in [6.07, 6.45) is 11.5. The highest BCUT2D eigenvalue weighted by molar-refractivity contribution is 5.56. The molecule has 0 aromatic carbocycles. The number of hydrogen-bond donors (Lipinski definition) is 0. The number of fused-ring (bicyclic) bond motifs is 1. The Balaban J connectivity index is 1.40. The normalized spacial score (nSPS) is 30.6. The fourth-order valence-corrected chi connectivity index (χ4v) is 5.20. The Labute approximate surface area is 148 Å². The van der Waals surface area contributed by atoms with Gasteiger partial charge in [0.25, 0.3) is 0 Å². The van der Waals surface area contributed by atoms with E-state index in [4.69, 9.17) is 4.98 Å². The maximum Gasteiger partial charge on any atom is 0.231 e. The Morgan fingerprint density at radius 1 is 1.16 bits per heavy atom. The van der Waals surface area contributed by atoms with Crippen LogP contribution in [0.5, 0.6) is 0 Å². The van der Waals surface area contributed by atoms with Gasteiger partial charge in [0.2, 0.25) is 5.95 Å². The van der Waals surface area contributed by atoms with Crippen molar-refractivity contribution in [2.24, 2.45) is 30.7 Å². The summed E-state index contributed by atoms with van der Waals surface area (Å²) in [6.45, 7) is 2.33. The standard InChI is InChI=1S/C19H26N6/c1-23-12-16(9-21-23)24(2)19-20-6-5-18(22-19)25-10-13-3-4-14-8-15(11-25)17(14)7-13/h5-6,9,12-15,17H,3-4,7-8,10-11H2,1-2H3/t13-,14?,15-,17?/m0/s1. The first-order valence-corrected chi connectivity index (χ1v) is 9.48. The van der Waals surface area contributed by atoms with Crippen LogP contribution in [0.2, 0.25) is 0 Å². The van der Waals surface area contributed by atoms with Gasteiger partial charge in [-0.1, -0.05) is 0 Å². The van der Waals surface area contributed by atoms with E-state index < -0.39 is 0 Å². The van der Waals surface area contributed by atoms with Crippen molar-refractivity contribution in [1.82, 2.24) is 19.7 Å². The second-order valence-corrected chi connectivity index (χ2v) is 8.15. The van der Waals surface area contributed by atoms with E-state index in [1.807, 2.05) is 37.6 Å². The van der Waals surface area contributed by atoms with Crippen molar-refractivity contribution < 1.29 is 0 Å². The molecule has 2 bridgehead atoms. The van der Waals surface area contributed by atoms with Crippen LogP contribution in [0.15, 0.2) is 24.7 Å². The summed E-state index contributed by atoms with van der Waals surface area (Å²) in [5.41, 5.74) is 1.01. The van der Waals surface area contributed by atoms with E-state index in [1.54, 1.807) is 4.68 Å². The quantitative estimate of drug-likeness (QED) is 0.861. The first kappa shape index (κ1) is 15.2. The van der Waals surface area contributed by atoms with Gasteiger partial charge in [-0.2, -0.15) is 10.1 Å². The smallest absolute Gasteiger partial charge is 0.231 e. The van der Waals surface area contributed by atoms with Crippen LogP contribution in [-0.4, -0.2) is 39.9 Å². The van der Waals surface area contributed by atoms with E-state index >= 15 is 0 Å². The lowest BCUT2D eigenvalue weighted by Gasteiger charge is -2.48. The molecule has 1 saturated heterocycles. The minimum atomic E-state index is 0.740. The Morgan fingerprint density at radius 2 is 2.08 bits per heavy atom. The van der Waals surface area contributed by atoms with Gasteiger partial charge in [-0.25, -0.2) is 4.98 Å². The van der Waals surface area contributed by atoms with E-state index in [0.29, 0.717) is 0 Å². The van der Waals surface area contributed by atoms with Gasteiger partial charge >= 0.3 is 0 Å². The molecule has 5 rings (SSSR count). The molecule has 2 unspecified atom stereocenters. The molecule has 25 heavy (non-hydrogen) atoms. The fourth-order valence-electron chi connectivity index (χ4n) is 5.20. The highest BCUT2D eigenvalue weighted by Gasteiger charge is 2.47. The molecule has 3 heterocycles. The van der Waals surface area contributed by atoms with Crippen molar-refractivity contribution in [2.75, 3.05) is 29.9 Å². The molecule has 2 aliphatic carbocycles. The lowest BCUT2D eigenvalue weighted by Crippen LogP contribution is -2.42. The van der Waals surface area contributed by atoms with E-state index in [0.717, 1.165) is 47.7 Å². The molecule has 3 fully saturated rings. The lowest BCUT2D eigenvalue weighted by molar-refractivity contribution is 0.0266. The first-order chi connectivity index (χ1) is 12.2. The minimum absolute atomic E-state index is 0.740. The monoisotopic (exact) mass is 338 g/mol. The summed E-state index contributed by atoms with van der Waals surface area (Å²) in [5, 5.41) is 4.25. The zero-order valence-corrected chi connectivity index (χ0v) is 15.0. The molecule has 0 spiro atoms. The maximum absolute atomic E-state index is 4.89. The number of anilines is 3. The molecule has 6 heteroatoms. The van der Waals surface area contributed by atoms with Gasteiger partial charge in [-0.05, 0) is 55.4 Å². The molecule has 6 nitrogen and oxygen atoms in total. The van der Waals surface area contributed by atoms with Gasteiger partial charge in [-0.3, -0.25) is 4.68 Å². The Kier molecular flexibility index (Phi) is 3.47.